The predicted octanol–water partition coefficient (Wildman–Crippen LogP) is 5.47. The van der Waals surface area contributed by atoms with E-state index in [1.165, 1.54) is 16.7 Å². The molecule has 4 nitrogen and oxygen atoms in total. The van der Waals surface area contributed by atoms with Crippen molar-refractivity contribution < 1.29 is 14.7 Å². The van der Waals surface area contributed by atoms with Crippen LogP contribution in [0.1, 0.15) is 60.4 Å². The van der Waals surface area contributed by atoms with Crippen molar-refractivity contribution in [2.45, 2.75) is 62.3 Å². The van der Waals surface area contributed by atoms with Crippen LogP contribution in [0.25, 0.3) is 0 Å². The van der Waals surface area contributed by atoms with Gasteiger partial charge in [-0.15, -0.1) is 0 Å². The smallest absolute Gasteiger partial charge is 0.377 e. The van der Waals surface area contributed by atoms with Gasteiger partial charge >= 0.3 is 5.97 Å². The Morgan fingerprint density at radius 1 is 0.556 bits per heavy atom. The molecule has 0 aliphatic rings. The molecule has 2 aromatic carbocycles. The van der Waals surface area contributed by atoms with E-state index in [0.717, 1.165) is 33.5 Å². The zero-order valence-electron chi connectivity index (χ0n) is 17.8. The molecule has 0 radical (unpaired) electrons. The van der Waals surface area contributed by atoms with Crippen LogP contribution in [-0.2, 0) is 4.79 Å². The van der Waals surface area contributed by atoms with E-state index in [0.29, 0.717) is 11.3 Å². The summed E-state index contributed by atoms with van der Waals surface area (Å²) in [7, 11) is 0. The number of benzene rings is 2. The molecule has 0 saturated carbocycles. The van der Waals surface area contributed by atoms with Gasteiger partial charge < -0.3 is 10.4 Å². The Labute approximate surface area is 161 Å². The first-order chi connectivity index (χ1) is 12.4. The van der Waals surface area contributed by atoms with E-state index in [9.17, 15) is 14.7 Å². The fourth-order valence-electron chi connectivity index (χ4n) is 3.67. The average Bonchev–Trinajstić information content (AvgIpc) is 2.63. The largest absolute Gasteiger partial charge is 0.475 e. The number of Topliss-reactive ketones (excluding diaryl/α,β-unsaturated/α-hetero) is 1. The fraction of sp³-hybridized carbons (Fsp3) is 0.391. The van der Waals surface area contributed by atoms with Gasteiger partial charge in [0.25, 0.3) is 5.78 Å². The number of carboxylic acids is 1. The summed E-state index contributed by atoms with van der Waals surface area (Å²) in [5, 5.41) is 12.8. The van der Waals surface area contributed by atoms with Gasteiger partial charge in [0.05, 0.1) is 11.3 Å². The molecular formula is C23H29NO3. The Balaban J connectivity index is 2.86. The Morgan fingerprint density at radius 2 is 0.889 bits per heavy atom. The van der Waals surface area contributed by atoms with Crippen LogP contribution >= 0.6 is 0 Å². The highest BCUT2D eigenvalue weighted by Gasteiger charge is 2.26. The maximum Gasteiger partial charge on any atom is 0.377 e. The van der Waals surface area contributed by atoms with Crippen molar-refractivity contribution in [2.75, 3.05) is 5.32 Å². The number of ketones is 1. The van der Waals surface area contributed by atoms with Crippen LogP contribution in [0.2, 0.25) is 0 Å². The van der Waals surface area contributed by atoms with Crippen LogP contribution in [0.5, 0.6) is 0 Å². The minimum absolute atomic E-state index is 0.248. The molecule has 0 amide bonds. The summed E-state index contributed by atoms with van der Waals surface area (Å²) in [6.45, 7) is 18.1. The van der Waals surface area contributed by atoms with E-state index < -0.39 is 11.8 Å². The third-order valence-electron chi connectivity index (χ3n) is 6.36. The normalized spacial score (nSPS) is 10.9. The van der Waals surface area contributed by atoms with Gasteiger partial charge in [0.2, 0.25) is 0 Å². The summed E-state index contributed by atoms with van der Waals surface area (Å²) >= 11 is 0. The molecule has 4 heteroatoms. The summed E-state index contributed by atoms with van der Waals surface area (Å²) in [5.74, 6) is -2.31. The average molecular weight is 367 g/mol. The summed E-state index contributed by atoms with van der Waals surface area (Å²) in [6, 6.07) is 0. The highest BCUT2D eigenvalue weighted by atomic mass is 16.4. The van der Waals surface area contributed by atoms with Crippen molar-refractivity contribution in [3.8, 4) is 0 Å². The second-order valence-electron chi connectivity index (χ2n) is 7.51. The number of anilines is 2. The molecule has 0 aliphatic carbocycles. The number of carbonyl (C=O) groups is 2. The van der Waals surface area contributed by atoms with Gasteiger partial charge in [-0.05, 0) is 112 Å². The van der Waals surface area contributed by atoms with E-state index in [4.69, 9.17) is 0 Å². The quantitative estimate of drug-likeness (QED) is 0.555. The van der Waals surface area contributed by atoms with Crippen LogP contribution < -0.4 is 5.32 Å². The van der Waals surface area contributed by atoms with Gasteiger partial charge in [0, 0.05) is 5.69 Å². The minimum Gasteiger partial charge on any atom is -0.475 e. The van der Waals surface area contributed by atoms with E-state index in [1.807, 2.05) is 27.7 Å². The maximum absolute atomic E-state index is 12.5. The van der Waals surface area contributed by atoms with Crippen LogP contribution in [0.4, 0.5) is 11.4 Å². The molecule has 0 heterocycles. The Morgan fingerprint density at radius 3 is 1.30 bits per heavy atom. The third kappa shape index (κ3) is 3.25. The zero-order valence-corrected chi connectivity index (χ0v) is 17.8. The first-order valence-corrected chi connectivity index (χ1v) is 9.13. The number of hydrogen-bond donors (Lipinski definition) is 2. The van der Waals surface area contributed by atoms with Crippen molar-refractivity contribution in [1.29, 1.82) is 0 Å². The van der Waals surface area contributed by atoms with Crippen LogP contribution in [-0.4, -0.2) is 16.9 Å². The van der Waals surface area contributed by atoms with Crippen molar-refractivity contribution in [2.24, 2.45) is 0 Å². The molecule has 2 aromatic rings. The molecule has 0 aromatic heterocycles. The standard InChI is InChI=1S/C23H29NO3/c1-10-12(3)16(7)20(17(8)13(10)4)24-21-18(9)14(5)11(2)15(6)19(21)22(25)23(26)27/h24H,1-9H3,(H,26,27). The first-order valence-electron chi connectivity index (χ1n) is 9.13. The highest BCUT2D eigenvalue weighted by Crippen LogP contribution is 2.37. The molecule has 0 unspecified atom stereocenters. The molecule has 0 bridgehead atoms. The summed E-state index contributed by atoms with van der Waals surface area (Å²) in [6.07, 6.45) is 0. The molecule has 27 heavy (non-hydrogen) atoms. The van der Waals surface area contributed by atoms with E-state index in [2.05, 4.69) is 39.9 Å². The highest BCUT2D eigenvalue weighted by molar-refractivity contribution is 6.41. The lowest BCUT2D eigenvalue weighted by atomic mass is 9.88. The van der Waals surface area contributed by atoms with Crippen molar-refractivity contribution in [1.82, 2.24) is 0 Å². The van der Waals surface area contributed by atoms with Crippen molar-refractivity contribution in [3.05, 3.63) is 55.6 Å². The van der Waals surface area contributed by atoms with Gasteiger partial charge in [-0.1, -0.05) is 0 Å². The maximum atomic E-state index is 12.5. The molecule has 0 saturated heterocycles. The minimum atomic E-state index is -1.44. The van der Waals surface area contributed by atoms with Gasteiger partial charge in [0.1, 0.15) is 0 Å². The van der Waals surface area contributed by atoms with Gasteiger partial charge in [-0.2, -0.15) is 0 Å². The fourth-order valence-corrected chi connectivity index (χ4v) is 3.67. The SMILES string of the molecule is Cc1c(C)c(C)c(Nc2c(C)c(C)c(C)c(C)c2C(=O)C(=O)O)c(C)c1C. The van der Waals surface area contributed by atoms with E-state index in [-0.39, 0.29) is 5.56 Å². The van der Waals surface area contributed by atoms with Gasteiger partial charge in [0.15, 0.2) is 0 Å². The monoisotopic (exact) mass is 367 g/mol. The van der Waals surface area contributed by atoms with Crippen molar-refractivity contribution >= 4 is 23.1 Å². The Hall–Kier alpha value is -2.62. The number of rotatable bonds is 4. The molecular weight excluding hydrogens is 338 g/mol. The molecule has 0 fully saturated rings. The number of nitrogens with one attached hydrogen (secondary N) is 1. The second-order valence-corrected chi connectivity index (χ2v) is 7.51. The molecule has 144 valence electrons. The second kappa shape index (κ2) is 7.18. The summed E-state index contributed by atoms with van der Waals surface area (Å²) in [4.78, 5) is 24.0. The molecule has 0 atom stereocenters. The topological polar surface area (TPSA) is 66.4 Å². The number of carboxylic acid groups (broad SMARTS) is 1. The molecule has 0 aliphatic heterocycles. The number of aliphatic carboxylic acids is 1. The first kappa shape index (κ1) is 20.7. The number of carbonyl (C=O) groups excluding carboxylic acids is 1. The predicted molar refractivity (Wildman–Crippen MR) is 111 cm³/mol. The number of hydrogen-bond acceptors (Lipinski definition) is 3. The third-order valence-corrected chi connectivity index (χ3v) is 6.36. The summed E-state index contributed by atoms with van der Waals surface area (Å²) < 4.78 is 0. The van der Waals surface area contributed by atoms with Crippen LogP contribution in [0.15, 0.2) is 0 Å². The van der Waals surface area contributed by atoms with E-state index in [1.54, 1.807) is 0 Å². The lowest BCUT2D eigenvalue weighted by molar-refractivity contribution is -0.131. The molecule has 0 spiro atoms. The summed E-state index contributed by atoms with van der Waals surface area (Å²) in [5.41, 5.74) is 11.3. The molecule has 2 rings (SSSR count). The zero-order chi connectivity index (χ0) is 20.8. The lowest BCUT2D eigenvalue weighted by Gasteiger charge is -2.24. The van der Waals surface area contributed by atoms with Gasteiger partial charge in [-0.3, -0.25) is 4.79 Å². The lowest BCUT2D eigenvalue weighted by Crippen LogP contribution is -2.19. The van der Waals surface area contributed by atoms with Crippen LogP contribution in [0.3, 0.4) is 0 Å². The van der Waals surface area contributed by atoms with Gasteiger partial charge in [-0.25, -0.2) is 4.79 Å². The Kier molecular flexibility index (Phi) is 5.50. The van der Waals surface area contributed by atoms with Crippen LogP contribution in [0, 0.1) is 62.3 Å². The van der Waals surface area contributed by atoms with E-state index >= 15 is 0 Å². The molecule has 2 N–H and O–H groups in total. The Bertz CT molecular complexity index is 955. The van der Waals surface area contributed by atoms with Crippen molar-refractivity contribution in [3.63, 3.8) is 0 Å².